The molecule has 0 saturated heterocycles. The fourth-order valence-corrected chi connectivity index (χ4v) is 3.87. The minimum Gasteiger partial charge on any atom is -0.393 e. The van der Waals surface area contributed by atoms with Crippen LogP contribution < -0.4 is 5.32 Å². The van der Waals surface area contributed by atoms with Crippen LogP contribution in [-0.4, -0.2) is 30.9 Å². The summed E-state index contributed by atoms with van der Waals surface area (Å²) in [7, 11) is 0. The molecule has 4 rings (SSSR count). The predicted octanol–water partition coefficient (Wildman–Crippen LogP) is 3.85. The summed E-state index contributed by atoms with van der Waals surface area (Å²) in [5.41, 5.74) is 1.98. The van der Waals surface area contributed by atoms with E-state index in [2.05, 4.69) is 15.4 Å². The van der Waals surface area contributed by atoms with Gasteiger partial charge >= 0.3 is 0 Å². The van der Waals surface area contributed by atoms with Crippen LogP contribution in [0.15, 0.2) is 36.8 Å². The van der Waals surface area contributed by atoms with E-state index >= 15 is 0 Å². The summed E-state index contributed by atoms with van der Waals surface area (Å²) in [6, 6.07) is 6.17. The van der Waals surface area contributed by atoms with E-state index in [-0.39, 0.29) is 17.0 Å². The molecule has 6 nitrogen and oxygen atoms in total. The van der Waals surface area contributed by atoms with Crippen LogP contribution in [0.25, 0.3) is 5.52 Å². The summed E-state index contributed by atoms with van der Waals surface area (Å²) in [6.07, 6.45) is 5.16. The molecule has 1 fully saturated rings. The summed E-state index contributed by atoms with van der Waals surface area (Å²) in [5, 5.41) is 28.0. The standard InChI is InChI=1S/C19H20ClFN4O2/c20-15-9-12(3-6-16(15)21)24-19-17-14(7-8-25(17)23-10-22-19)18(27)11-1-4-13(26)5-2-11/h3,6-11,13,18,26-27H,1-2,4-5H2,(H,22,23,24). The number of fused-ring (bicyclic) bond motifs is 1. The molecule has 8 heteroatoms. The van der Waals surface area contributed by atoms with Gasteiger partial charge in [-0.1, -0.05) is 11.6 Å². The molecule has 1 aromatic carbocycles. The first-order valence-electron chi connectivity index (χ1n) is 8.93. The Morgan fingerprint density at radius 2 is 2.00 bits per heavy atom. The molecule has 3 N–H and O–H groups in total. The van der Waals surface area contributed by atoms with Crippen molar-refractivity contribution >= 4 is 28.6 Å². The van der Waals surface area contributed by atoms with Crippen molar-refractivity contribution in [3.63, 3.8) is 0 Å². The molecule has 0 spiro atoms. The quantitative estimate of drug-likeness (QED) is 0.630. The fourth-order valence-electron chi connectivity index (χ4n) is 3.69. The summed E-state index contributed by atoms with van der Waals surface area (Å²) < 4.78 is 15.1. The van der Waals surface area contributed by atoms with E-state index in [1.54, 1.807) is 16.8 Å². The number of nitrogens with one attached hydrogen (secondary N) is 1. The number of benzene rings is 1. The monoisotopic (exact) mass is 390 g/mol. The molecule has 0 aliphatic heterocycles. The summed E-state index contributed by atoms with van der Waals surface area (Å²) in [4.78, 5) is 4.30. The maximum absolute atomic E-state index is 13.4. The van der Waals surface area contributed by atoms with Gasteiger partial charge in [-0.05, 0) is 55.9 Å². The van der Waals surface area contributed by atoms with Crippen molar-refractivity contribution in [2.24, 2.45) is 5.92 Å². The molecule has 3 aromatic rings. The number of nitrogens with zero attached hydrogens (tertiary/aromatic N) is 3. The molecule has 1 aliphatic rings. The van der Waals surface area contributed by atoms with Crippen LogP contribution in [0.2, 0.25) is 5.02 Å². The lowest BCUT2D eigenvalue weighted by Crippen LogP contribution is -2.23. The Morgan fingerprint density at radius 1 is 1.22 bits per heavy atom. The highest BCUT2D eigenvalue weighted by Crippen LogP contribution is 2.38. The van der Waals surface area contributed by atoms with E-state index in [9.17, 15) is 14.6 Å². The Kier molecular flexibility index (Phi) is 4.99. The van der Waals surface area contributed by atoms with Gasteiger partial charge in [0.05, 0.1) is 17.2 Å². The lowest BCUT2D eigenvalue weighted by atomic mass is 9.82. The van der Waals surface area contributed by atoms with Crippen molar-refractivity contribution in [1.82, 2.24) is 14.6 Å². The molecular formula is C19H20ClFN4O2. The maximum atomic E-state index is 13.4. The second kappa shape index (κ2) is 7.42. The predicted molar refractivity (Wildman–Crippen MR) is 101 cm³/mol. The van der Waals surface area contributed by atoms with Gasteiger partial charge in [-0.15, -0.1) is 0 Å². The van der Waals surface area contributed by atoms with Crippen molar-refractivity contribution in [1.29, 1.82) is 0 Å². The maximum Gasteiger partial charge on any atom is 0.158 e. The molecular weight excluding hydrogens is 371 g/mol. The lowest BCUT2D eigenvalue weighted by Gasteiger charge is -2.29. The van der Waals surface area contributed by atoms with E-state index in [1.807, 2.05) is 6.07 Å². The Labute approximate surface area is 160 Å². The topological polar surface area (TPSA) is 82.7 Å². The van der Waals surface area contributed by atoms with Crippen LogP contribution in [0.5, 0.6) is 0 Å². The number of aliphatic hydroxyl groups is 2. The van der Waals surface area contributed by atoms with E-state index in [0.29, 0.717) is 29.9 Å². The highest BCUT2D eigenvalue weighted by molar-refractivity contribution is 6.31. The molecule has 0 amide bonds. The number of rotatable bonds is 4. The normalized spacial score (nSPS) is 21.3. The van der Waals surface area contributed by atoms with Gasteiger partial charge in [-0.2, -0.15) is 5.10 Å². The molecule has 27 heavy (non-hydrogen) atoms. The van der Waals surface area contributed by atoms with E-state index < -0.39 is 11.9 Å². The third-order valence-electron chi connectivity index (χ3n) is 5.17. The zero-order chi connectivity index (χ0) is 19.0. The van der Waals surface area contributed by atoms with Gasteiger partial charge in [-0.3, -0.25) is 0 Å². The second-order valence-electron chi connectivity index (χ2n) is 6.94. The molecule has 1 atom stereocenters. The Hall–Kier alpha value is -2.22. The summed E-state index contributed by atoms with van der Waals surface area (Å²) in [6.45, 7) is 0. The van der Waals surface area contributed by atoms with Crippen LogP contribution in [0.3, 0.4) is 0 Å². The van der Waals surface area contributed by atoms with Crippen LogP contribution in [0.1, 0.15) is 37.4 Å². The van der Waals surface area contributed by atoms with Crippen LogP contribution in [-0.2, 0) is 0 Å². The molecule has 2 heterocycles. The molecule has 0 bridgehead atoms. The molecule has 1 unspecified atom stereocenters. The highest BCUT2D eigenvalue weighted by atomic mass is 35.5. The molecule has 0 radical (unpaired) electrons. The molecule has 1 aliphatic carbocycles. The first-order chi connectivity index (χ1) is 13.0. The fraction of sp³-hybridized carbons (Fsp3) is 0.368. The zero-order valence-corrected chi connectivity index (χ0v) is 15.3. The minimum atomic E-state index is -0.675. The highest BCUT2D eigenvalue weighted by Gasteiger charge is 2.29. The summed E-state index contributed by atoms with van der Waals surface area (Å²) >= 11 is 5.86. The van der Waals surface area contributed by atoms with Crippen molar-refractivity contribution in [3.05, 3.63) is 53.2 Å². The van der Waals surface area contributed by atoms with E-state index in [1.165, 1.54) is 18.5 Å². The number of aromatic nitrogens is 3. The van der Waals surface area contributed by atoms with Gasteiger partial charge in [0.15, 0.2) is 5.82 Å². The Balaban J connectivity index is 1.67. The van der Waals surface area contributed by atoms with Crippen LogP contribution in [0.4, 0.5) is 15.9 Å². The van der Waals surface area contributed by atoms with Gasteiger partial charge in [0.25, 0.3) is 0 Å². The largest absolute Gasteiger partial charge is 0.393 e. The Morgan fingerprint density at radius 3 is 2.74 bits per heavy atom. The van der Waals surface area contributed by atoms with Crippen molar-refractivity contribution in [2.45, 2.75) is 37.9 Å². The SMILES string of the molecule is OC1CCC(C(O)c2ccn3ncnc(Nc4ccc(F)c(Cl)c4)c23)CC1. The van der Waals surface area contributed by atoms with Gasteiger partial charge in [0.1, 0.15) is 17.7 Å². The van der Waals surface area contributed by atoms with Crippen LogP contribution in [0, 0.1) is 11.7 Å². The summed E-state index contributed by atoms with van der Waals surface area (Å²) in [5.74, 6) is 0.0869. The average Bonchev–Trinajstić information content (AvgIpc) is 3.10. The molecule has 1 saturated carbocycles. The van der Waals surface area contributed by atoms with Crippen molar-refractivity contribution in [2.75, 3.05) is 5.32 Å². The lowest BCUT2D eigenvalue weighted by molar-refractivity contribution is 0.0421. The number of anilines is 2. The number of aliphatic hydroxyl groups excluding tert-OH is 2. The first-order valence-corrected chi connectivity index (χ1v) is 9.31. The average molecular weight is 391 g/mol. The second-order valence-corrected chi connectivity index (χ2v) is 7.35. The third-order valence-corrected chi connectivity index (χ3v) is 5.46. The van der Waals surface area contributed by atoms with Gasteiger partial charge in [0.2, 0.25) is 0 Å². The van der Waals surface area contributed by atoms with E-state index in [4.69, 9.17) is 11.6 Å². The van der Waals surface area contributed by atoms with Gasteiger partial charge in [0, 0.05) is 17.4 Å². The number of hydrogen-bond donors (Lipinski definition) is 3. The molecule has 142 valence electrons. The first kappa shape index (κ1) is 18.2. The third kappa shape index (κ3) is 3.63. The molecule has 2 aromatic heterocycles. The minimum absolute atomic E-state index is 0.0153. The van der Waals surface area contributed by atoms with Gasteiger partial charge in [-0.25, -0.2) is 13.9 Å². The number of halogens is 2. The van der Waals surface area contributed by atoms with Gasteiger partial charge < -0.3 is 15.5 Å². The van der Waals surface area contributed by atoms with E-state index in [0.717, 1.165) is 18.4 Å². The van der Waals surface area contributed by atoms with Crippen LogP contribution >= 0.6 is 11.6 Å². The smallest absolute Gasteiger partial charge is 0.158 e. The zero-order valence-electron chi connectivity index (χ0n) is 14.5. The van der Waals surface area contributed by atoms with Crippen molar-refractivity contribution < 1.29 is 14.6 Å². The Bertz CT molecular complexity index is 956. The van der Waals surface area contributed by atoms with Crippen molar-refractivity contribution in [3.8, 4) is 0 Å². The number of hydrogen-bond acceptors (Lipinski definition) is 5.